The minimum atomic E-state index is -0.958. The van der Waals surface area contributed by atoms with E-state index >= 15 is 0 Å². The summed E-state index contributed by atoms with van der Waals surface area (Å²) in [6.45, 7) is 0. The zero-order valence-corrected chi connectivity index (χ0v) is 13.8. The summed E-state index contributed by atoms with van der Waals surface area (Å²) in [4.78, 5) is 12.2. The molecule has 0 aliphatic carbocycles. The standard InChI is InChI=1S/C20H12F3N3O/c21-13-4-1-3-11(9-13)12-7-8-14-17(10-12)25-26-19(14)24-20(27)18-15(22)5-2-6-16(18)23/h1-10H,(H2,24,25,26,27). The summed E-state index contributed by atoms with van der Waals surface area (Å²) in [7, 11) is 0. The molecule has 0 aliphatic heterocycles. The molecule has 134 valence electrons. The van der Waals surface area contributed by atoms with E-state index in [1.165, 1.54) is 18.2 Å². The van der Waals surface area contributed by atoms with E-state index in [1.54, 1.807) is 30.3 Å². The van der Waals surface area contributed by atoms with Gasteiger partial charge in [0.25, 0.3) is 5.91 Å². The molecule has 3 aromatic carbocycles. The Morgan fingerprint density at radius 1 is 0.889 bits per heavy atom. The van der Waals surface area contributed by atoms with Gasteiger partial charge in [-0.2, -0.15) is 5.10 Å². The predicted molar refractivity (Wildman–Crippen MR) is 95.8 cm³/mol. The number of aromatic nitrogens is 2. The number of carbonyl (C=O) groups is 1. The van der Waals surface area contributed by atoms with Crippen molar-refractivity contribution in [2.75, 3.05) is 5.32 Å². The van der Waals surface area contributed by atoms with Crippen molar-refractivity contribution in [3.8, 4) is 11.1 Å². The SMILES string of the molecule is O=C(Nc1n[nH]c2cc(-c3cccc(F)c3)ccc12)c1c(F)cccc1F. The number of rotatable bonds is 3. The van der Waals surface area contributed by atoms with E-state index < -0.39 is 23.1 Å². The van der Waals surface area contributed by atoms with E-state index in [4.69, 9.17) is 0 Å². The number of benzene rings is 3. The molecule has 0 spiro atoms. The van der Waals surface area contributed by atoms with Crippen molar-refractivity contribution in [3.05, 3.63) is 83.7 Å². The van der Waals surface area contributed by atoms with Crippen LogP contribution in [0.2, 0.25) is 0 Å². The molecule has 4 aromatic rings. The highest BCUT2D eigenvalue weighted by atomic mass is 19.1. The van der Waals surface area contributed by atoms with Crippen LogP contribution >= 0.6 is 0 Å². The molecular formula is C20H12F3N3O. The average Bonchev–Trinajstić information content (AvgIpc) is 3.03. The topological polar surface area (TPSA) is 57.8 Å². The lowest BCUT2D eigenvalue weighted by Crippen LogP contribution is -2.16. The molecule has 0 saturated carbocycles. The Hall–Kier alpha value is -3.61. The van der Waals surface area contributed by atoms with Crippen molar-refractivity contribution < 1.29 is 18.0 Å². The van der Waals surface area contributed by atoms with Crippen molar-refractivity contribution in [3.63, 3.8) is 0 Å². The third-order valence-corrected chi connectivity index (χ3v) is 4.14. The van der Waals surface area contributed by atoms with E-state index in [9.17, 15) is 18.0 Å². The summed E-state index contributed by atoms with van der Waals surface area (Å²) in [6, 6.07) is 14.5. The Labute approximate surface area is 151 Å². The maximum atomic E-state index is 13.8. The number of carbonyl (C=O) groups excluding carboxylic acids is 1. The molecule has 1 amide bonds. The van der Waals surface area contributed by atoms with Gasteiger partial charge in [0.2, 0.25) is 0 Å². The Morgan fingerprint density at radius 3 is 2.33 bits per heavy atom. The number of nitrogens with one attached hydrogen (secondary N) is 2. The first-order valence-electron chi connectivity index (χ1n) is 8.02. The zero-order valence-electron chi connectivity index (χ0n) is 13.8. The van der Waals surface area contributed by atoms with Crippen LogP contribution in [0, 0.1) is 17.5 Å². The van der Waals surface area contributed by atoms with Crippen LogP contribution in [-0.2, 0) is 0 Å². The fourth-order valence-corrected chi connectivity index (χ4v) is 2.85. The van der Waals surface area contributed by atoms with Crippen molar-refractivity contribution in [1.82, 2.24) is 10.2 Å². The summed E-state index contributed by atoms with van der Waals surface area (Å²) in [6.07, 6.45) is 0. The molecule has 2 N–H and O–H groups in total. The quantitative estimate of drug-likeness (QED) is 0.541. The Bertz CT molecular complexity index is 1150. The average molecular weight is 367 g/mol. The highest BCUT2D eigenvalue weighted by Gasteiger charge is 2.19. The first-order chi connectivity index (χ1) is 13.0. The van der Waals surface area contributed by atoms with Gasteiger partial charge >= 0.3 is 0 Å². The molecule has 27 heavy (non-hydrogen) atoms. The van der Waals surface area contributed by atoms with E-state index in [1.807, 2.05) is 0 Å². The number of nitrogens with zero attached hydrogens (tertiary/aromatic N) is 1. The fourth-order valence-electron chi connectivity index (χ4n) is 2.85. The minimum absolute atomic E-state index is 0.142. The van der Waals surface area contributed by atoms with E-state index in [0.29, 0.717) is 16.5 Å². The van der Waals surface area contributed by atoms with E-state index in [2.05, 4.69) is 15.5 Å². The monoisotopic (exact) mass is 367 g/mol. The van der Waals surface area contributed by atoms with Crippen molar-refractivity contribution in [2.45, 2.75) is 0 Å². The van der Waals surface area contributed by atoms with Gasteiger partial charge in [-0.05, 0) is 47.5 Å². The van der Waals surface area contributed by atoms with Gasteiger partial charge in [0.15, 0.2) is 5.82 Å². The van der Waals surface area contributed by atoms with Crippen molar-refractivity contribution in [1.29, 1.82) is 0 Å². The van der Waals surface area contributed by atoms with Crippen LogP contribution in [0.5, 0.6) is 0 Å². The minimum Gasteiger partial charge on any atom is -0.304 e. The molecule has 0 atom stereocenters. The molecule has 1 heterocycles. The van der Waals surface area contributed by atoms with E-state index in [-0.39, 0.29) is 11.6 Å². The van der Waals surface area contributed by atoms with Gasteiger partial charge in [-0.25, -0.2) is 13.2 Å². The molecule has 0 saturated heterocycles. The smallest absolute Gasteiger partial charge is 0.262 e. The summed E-state index contributed by atoms with van der Waals surface area (Å²) in [5.41, 5.74) is 1.35. The van der Waals surface area contributed by atoms with Gasteiger partial charge in [-0.1, -0.05) is 24.3 Å². The second-order valence-corrected chi connectivity index (χ2v) is 5.89. The van der Waals surface area contributed by atoms with Gasteiger partial charge in [0.05, 0.1) is 5.52 Å². The Kier molecular flexibility index (Phi) is 4.12. The molecule has 0 bridgehead atoms. The van der Waals surface area contributed by atoms with Crippen molar-refractivity contribution >= 4 is 22.6 Å². The van der Waals surface area contributed by atoms with Crippen LogP contribution in [0.25, 0.3) is 22.0 Å². The summed E-state index contributed by atoms with van der Waals surface area (Å²) >= 11 is 0. The predicted octanol–water partition coefficient (Wildman–Crippen LogP) is 4.90. The third-order valence-electron chi connectivity index (χ3n) is 4.14. The van der Waals surface area contributed by atoms with Crippen LogP contribution in [0.4, 0.5) is 19.0 Å². The lowest BCUT2D eigenvalue weighted by Gasteiger charge is -2.05. The molecule has 4 nitrogen and oxygen atoms in total. The van der Waals surface area contributed by atoms with Gasteiger partial charge in [-0.15, -0.1) is 0 Å². The first kappa shape index (κ1) is 16.8. The molecule has 0 fully saturated rings. The molecule has 0 aliphatic rings. The van der Waals surface area contributed by atoms with E-state index in [0.717, 1.165) is 17.7 Å². The highest BCUT2D eigenvalue weighted by Crippen LogP contribution is 2.28. The molecule has 7 heteroatoms. The lowest BCUT2D eigenvalue weighted by atomic mass is 10.0. The molecular weight excluding hydrogens is 355 g/mol. The highest BCUT2D eigenvalue weighted by molar-refractivity contribution is 6.08. The number of fused-ring (bicyclic) bond motifs is 1. The van der Waals surface area contributed by atoms with Crippen LogP contribution < -0.4 is 5.32 Å². The second kappa shape index (κ2) is 6.60. The summed E-state index contributed by atoms with van der Waals surface area (Å²) in [5, 5.41) is 9.72. The number of hydrogen-bond acceptors (Lipinski definition) is 2. The summed E-state index contributed by atoms with van der Waals surface area (Å²) in [5.74, 6) is -3.06. The van der Waals surface area contributed by atoms with Gasteiger partial charge in [0.1, 0.15) is 23.0 Å². The van der Waals surface area contributed by atoms with Crippen LogP contribution in [0.1, 0.15) is 10.4 Å². The van der Waals surface area contributed by atoms with Gasteiger partial charge in [-0.3, -0.25) is 9.89 Å². The van der Waals surface area contributed by atoms with Crippen molar-refractivity contribution in [2.24, 2.45) is 0 Å². The number of H-pyrrole nitrogens is 1. The maximum absolute atomic E-state index is 13.8. The third kappa shape index (κ3) is 3.15. The number of anilines is 1. The largest absolute Gasteiger partial charge is 0.304 e. The summed E-state index contributed by atoms with van der Waals surface area (Å²) < 4.78 is 40.9. The fraction of sp³-hybridized carbons (Fsp3) is 0. The van der Waals surface area contributed by atoms with Crippen LogP contribution in [-0.4, -0.2) is 16.1 Å². The number of halogens is 3. The number of hydrogen-bond donors (Lipinski definition) is 2. The lowest BCUT2D eigenvalue weighted by molar-refractivity contribution is 0.101. The Balaban J connectivity index is 1.67. The first-order valence-corrected chi connectivity index (χ1v) is 8.02. The Morgan fingerprint density at radius 2 is 1.59 bits per heavy atom. The zero-order chi connectivity index (χ0) is 19.0. The normalized spacial score (nSPS) is 10.9. The second-order valence-electron chi connectivity index (χ2n) is 5.89. The molecule has 4 rings (SSSR count). The number of aromatic amines is 1. The van der Waals surface area contributed by atoms with Gasteiger partial charge in [0, 0.05) is 5.39 Å². The van der Waals surface area contributed by atoms with Gasteiger partial charge < -0.3 is 5.32 Å². The molecule has 0 unspecified atom stereocenters. The van der Waals surface area contributed by atoms with Crippen LogP contribution in [0.3, 0.4) is 0 Å². The maximum Gasteiger partial charge on any atom is 0.262 e. The van der Waals surface area contributed by atoms with Crippen LogP contribution in [0.15, 0.2) is 60.7 Å². The number of amides is 1. The molecule has 0 radical (unpaired) electrons. The molecule has 1 aromatic heterocycles.